The number of ether oxygens (including phenoxy) is 2. The van der Waals surface area contributed by atoms with Crippen LogP contribution < -0.4 is 4.74 Å². The molecule has 0 atom stereocenters. The van der Waals surface area contributed by atoms with Gasteiger partial charge in [-0.05, 0) is 67.6 Å². The van der Waals surface area contributed by atoms with Crippen molar-refractivity contribution in [3.05, 3.63) is 64.9 Å². The van der Waals surface area contributed by atoms with Gasteiger partial charge in [0.1, 0.15) is 0 Å². The quantitative estimate of drug-likeness (QED) is 0.378. The van der Waals surface area contributed by atoms with Crippen LogP contribution in [0.4, 0.5) is 17.6 Å². The summed E-state index contributed by atoms with van der Waals surface area (Å²) in [6, 6.07) is 1.62. The minimum absolute atomic E-state index is 0.0911. The van der Waals surface area contributed by atoms with E-state index in [1.807, 2.05) is 0 Å². The van der Waals surface area contributed by atoms with Crippen molar-refractivity contribution < 1.29 is 27.0 Å². The molecule has 3 rings (SSSR count). The van der Waals surface area contributed by atoms with Gasteiger partial charge in [-0.3, -0.25) is 4.39 Å². The summed E-state index contributed by atoms with van der Waals surface area (Å²) in [6.07, 6.45) is 4.77. The molecule has 29 heavy (non-hydrogen) atoms. The van der Waals surface area contributed by atoms with Crippen LogP contribution in [-0.2, 0) is 11.2 Å². The van der Waals surface area contributed by atoms with Gasteiger partial charge in [-0.25, -0.2) is 4.39 Å². The molecule has 1 fully saturated rings. The molecule has 158 valence electrons. The smallest absolute Gasteiger partial charge is 0.207 e. The van der Waals surface area contributed by atoms with Crippen molar-refractivity contribution in [2.75, 3.05) is 13.8 Å². The highest BCUT2D eigenvalue weighted by Crippen LogP contribution is 2.44. The Bertz CT molecular complexity index is 836. The maximum Gasteiger partial charge on any atom is 0.207 e. The standard InChI is InChI=1S/C23H26F4O2/c1-13-11-17-12-18(16-8-6-15(7-9-16)5-4-10-24)20(26)21(27)23(17)29-22(13)19(25)14(2)28-3/h12,15-16H,1-2,4-11H2,3H3/b22-19-. The van der Waals surface area contributed by atoms with Gasteiger partial charge in [0, 0.05) is 12.0 Å². The summed E-state index contributed by atoms with van der Waals surface area (Å²) in [4.78, 5) is 0. The van der Waals surface area contributed by atoms with Crippen molar-refractivity contribution in [1.82, 2.24) is 0 Å². The lowest BCUT2D eigenvalue weighted by atomic mass is 9.76. The van der Waals surface area contributed by atoms with Crippen LogP contribution in [-0.4, -0.2) is 13.8 Å². The van der Waals surface area contributed by atoms with Crippen molar-refractivity contribution >= 4 is 0 Å². The van der Waals surface area contributed by atoms with E-state index in [1.54, 1.807) is 6.07 Å². The molecule has 2 aliphatic rings. The fourth-order valence-corrected chi connectivity index (χ4v) is 4.25. The number of methoxy groups -OCH3 is 1. The van der Waals surface area contributed by atoms with E-state index in [9.17, 15) is 17.6 Å². The van der Waals surface area contributed by atoms with Crippen molar-refractivity contribution in [3.63, 3.8) is 0 Å². The van der Waals surface area contributed by atoms with Crippen molar-refractivity contribution in [3.8, 4) is 5.75 Å². The molecule has 2 nitrogen and oxygen atoms in total. The van der Waals surface area contributed by atoms with Crippen LogP contribution in [0.1, 0.15) is 55.6 Å². The van der Waals surface area contributed by atoms with Gasteiger partial charge in [0.05, 0.1) is 13.8 Å². The largest absolute Gasteiger partial charge is 0.494 e. The van der Waals surface area contributed by atoms with Gasteiger partial charge in [0.25, 0.3) is 0 Å². The van der Waals surface area contributed by atoms with Gasteiger partial charge in [-0.2, -0.15) is 8.78 Å². The van der Waals surface area contributed by atoms with E-state index in [0.29, 0.717) is 29.0 Å². The molecule has 1 aromatic carbocycles. The van der Waals surface area contributed by atoms with Gasteiger partial charge in [-0.15, -0.1) is 0 Å². The zero-order valence-corrected chi connectivity index (χ0v) is 16.6. The number of hydrogen-bond donors (Lipinski definition) is 0. The van der Waals surface area contributed by atoms with Gasteiger partial charge >= 0.3 is 0 Å². The predicted octanol–water partition coefficient (Wildman–Crippen LogP) is 6.82. The summed E-state index contributed by atoms with van der Waals surface area (Å²) < 4.78 is 66.5. The van der Waals surface area contributed by atoms with E-state index in [-0.39, 0.29) is 36.3 Å². The van der Waals surface area contributed by atoms with Gasteiger partial charge in [-0.1, -0.05) is 13.2 Å². The summed E-state index contributed by atoms with van der Waals surface area (Å²) in [5.41, 5.74) is 1.08. The molecule has 6 heteroatoms. The number of rotatable bonds is 6. The molecule has 0 N–H and O–H groups in total. The lowest BCUT2D eigenvalue weighted by Crippen LogP contribution is -2.18. The van der Waals surface area contributed by atoms with Crippen LogP contribution in [0.3, 0.4) is 0 Å². The Morgan fingerprint density at radius 3 is 2.52 bits per heavy atom. The first-order valence-corrected chi connectivity index (χ1v) is 9.93. The Morgan fingerprint density at radius 2 is 1.90 bits per heavy atom. The molecule has 0 unspecified atom stereocenters. The van der Waals surface area contributed by atoms with Crippen LogP contribution in [0.25, 0.3) is 0 Å². The van der Waals surface area contributed by atoms with E-state index in [0.717, 1.165) is 32.1 Å². The number of hydrogen-bond acceptors (Lipinski definition) is 2. The number of allylic oxidation sites excluding steroid dienone is 2. The third kappa shape index (κ3) is 4.36. The summed E-state index contributed by atoms with van der Waals surface area (Å²) >= 11 is 0. The molecule has 0 radical (unpaired) electrons. The molecule has 1 aliphatic heterocycles. The number of halogens is 4. The van der Waals surface area contributed by atoms with Crippen LogP contribution >= 0.6 is 0 Å². The summed E-state index contributed by atoms with van der Waals surface area (Å²) in [7, 11) is 1.25. The van der Waals surface area contributed by atoms with E-state index in [4.69, 9.17) is 9.47 Å². The molecular weight excluding hydrogens is 384 g/mol. The normalized spacial score (nSPS) is 23.3. The maximum atomic E-state index is 14.8. The fraction of sp³-hybridized carbons (Fsp3) is 0.478. The Labute approximate surface area is 168 Å². The van der Waals surface area contributed by atoms with E-state index < -0.39 is 17.5 Å². The molecule has 1 aliphatic carbocycles. The molecule has 1 heterocycles. The van der Waals surface area contributed by atoms with Crippen LogP contribution in [0, 0.1) is 17.6 Å². The van der Waals surface area contributed by atoms with Crippen molar-refractivity contribution in [2.24, 2.45) is 5.92 Å². The van der Waals surface area contributed by atoms with Crippen molar-refractivity contribution in [1.29, 1.82) is 0 Å². The minimum Gasteiger partial charge on any atom is -0.494 e. The van der Waals surface area contributed by atoms with Gasteiger partial charge in [0.2, 0.25) is 11.6 Å². The summed E-state index contributed by atoms with van der Waals surface area (Å²) in [6.45, 7) is 6.90. The average Bonchev–Trinajstić information content (AvgIpc) is 2.73. The number of fused-ring (bicyclic) bond motifs is 1. The second kappa shape index (κ2) is 9.06. The van der Waals surface area contributed by atoms with Gasteiger partial charge < -0.3 is 9.47 Å². The van der Waals surface area contributed by atoms with E-state index >= 15 is 0 Å². The fourth-order valence-electron chi connectivity index (χ4n) is 4.25. The molecule has 1 saturated carbocycles. The predicted molar refractivity (Wildman–Crippen MR) is 104 cm³/mol. The zero-order chi connectivity index (χ0) is 21.1. The first-order valence-electron chi connectivity index (χ1n) is 9.93. The molecule has 0 amide bonds. The molecule has 0 bridgehead atoms. The average molecular weight is 410 g/mol. The Balaban J connectivity index is 1.85. The lowest BCUT2D eigenvalue weighted by Gasteiger charge is -2.30. The first kappa shape index (κ1) is 21.5. The Morgan fingerprint density at radius 1 is 1.21 bits per heavy atom. The van der Waals surface area contributed by atoms with E-state index in [1.165, 1.54) is 7.11 Å². The third-order valence-electron chi connectivity index (χ3n) is 5.92. The van der Waals surface area contributed by atoms with Gasteiger partial charge in [0.15, 0.2) is 23.1 Å². The SMILES string of the molecule is C=C(OC)/C(F)=C1/Oc2c(cc(C3CCC(CCCF)CC3)c(F)c2F)CC1=C. The van der Waals surface area contributed by atoms with E-state index in [2.05, 4.69) is 13.2 Å². The number of alkyl halides is 1. The Hall–Kier alpha value is -2.24. The maximum absolute atomic E-state index is 14.8. The topological polar surface area (TPSA) is 18.5 Å². The molecule has 0 aromatic heterocycles. The van der Waals surface area contributed by atoms with Crippen LogP contribution in [0.15, 0.2) is 42.1 Å². The minimum atomic E-state index is -1.11. The second-order valence-corrected chi connectivity index (χ2v) is 7.78. The van der Waals surface area contributed by atoms with Crippen LogP contribution in [0.2, 0.25) is 0 Å². The second-order valence-electron chi connectivity index (χ2n) is 7.78. The Kier molecular flexibility index (Phi) is 6.70. The highest BCUT2D eigenvalue weighted by atomic mass is 19.2. The molecule has 1 aromatic rings. The molecule has 0 saturated heterocycles. The lowest BCUT2D eigenvalue weighted by molar-refractivity contribution is 0.271. The molecule has 0 spiro atoms. The third-order valence-corrected chi connectivity index (χ3v) is 5.92. The highest BCUT2D eigenvalue weighted by Gasteiger charge is 2.32. The molecular formula is C23H26F4O2. The van der Waals surface area contributed by atoms with Crippen molar-refractivity contribution in [2.45, 2.75) is 50.9 Å². The zero-order valence-electron chi connectivity index (χ0n) is 16.6. The van der Waals surface area contributed by atoms with Crippen LogP contribution in [0.5, 0.6) is 5.75 Å². The summed E-state index contributed by atoms with van der Waals surface area (Å²) in [5.74, 6) is -3.48. The first-order chi connectivity index (χ1) is 13.9. The summed E-state index contributed by atoms with van der Waals surface area (Å²) in [5, 5.41) is 0. The highest BCUT2D eigenvalue weighted by molar-refractivity contribution is 5.51. The number of benzene rings is 1. The monoisotopic (exact) mass is 410 g/mol.